The van der Waals surface area contributed by atoms with Crippen LogP contribution in [0.3, 0.4) is 0 Å². The number of nitrogens with zero attached hydrogens (tertiary/aromatic N) is 2. The highest BCUT2D eigenvalue weighted by atomic mass is 32.2. The molecule has 0 radical (unpaired) electrons. The molecule has 3 aliphatic rings. The summed E-state index contributed by atoms with van der Waals surface area (Å²) in [6.45, 7) is 3.77. The van der Waals surface area contributed by atoms with Crippen LogP contribution in [0.5, 0.6) is 0 Å². The molecule has 1 unspecified atom stereocenters. The van der Waals surface area contributed by atoms with Crippen LogP contribution in [-0.4, -0.2) is 75.1 Å². The van der Waals surface area contributed by atoms with Crippen molar-refractivity contribution in [2.45, 2.75) is 42.6 Å². The molecule has 166 valence electrons. The van der Waals surface area contributed by atoms with Crippen molar-refractivity contribution in [3.8, 4) is 0 Å². The zero-order chi connectivity index (χ0) is 21.2. The Morgan fingerprint density at radius 3 is 2.57 bits per heavy atom. The van der Waals surface area contributed by atoms with Crippen molar-refractivity contribution < 1.29 is 27.1 Å². The van der Waals surface area contributed by atoms with E-state index in [2.05, 4.69) is 0 Å². The number of sulfonamides is 1. The van der Waals surface area contributed by atoms with Crippen molar-refractivity contribution in [1.82, 2.24) is 9.21 Å². The maximum absolute atomic E-state index is 13.5. The number of morpholine rings is 1. The van der Waals surface area contributed by atoms with E-state index in [4.69, 9.17) is 9.47 Å². The Morgan fingerprint density at radius 1 is 1.13 bits per heavy atom. The third-order valence-electron chi connectivity index (χ3n) is 6.49. The first-order valence-electron chi connectivity index (χ1n) is 10.6. The second kappa shape index (κ2) is 8.90. The number of ether oxygens (including phenoxy) is 2. The van der Waals surface area contributed by atoms with Crippen LogP contribution in [0.4, 0.5) is 4.39 Å². The molecular formula is C21H29FN2O5S. The fourth-order valence-corrected chi connectivity index (χ4v) is 6.22. The highest BCUT2D eigenvalue weighted by Crippen LogP contribution is 2.40. The molecule has 1 amide bonds. The normalized spacial score (nSPS) is 25.4. The van der Waals surface area contributed by atoms with Crippen molar-refractivity contribution >= 4 is 15.9 Å². The average molecular weight is 441 g/mol. The van der Waals surface area contributed by atoms with Gasteiger partial charge < -0.3 is 14.4 Å². The average Bonchev–Trinajstić information content (AvgIpc) is 2.75. The Morgan fingerprint density at radius 2 is 1.87 bits per heavy atom. The second-order valence-corrected chi connectivity index (χ2v) is 10.4. The van der Waals surface area contributed by atoms with E-state index in [9.17, 15) is 17.6 Å². The molecule has 0 aliphatic carbocycles. The van der Waals surface area contributed by atoms with Gasteiger partial charge in [-0.1, -0.05) is 6.07 Å². The number of carbonyl (C=O) groups is 1. The first-order chi connectivity index (χ1) is 14.4. The predicted octanol–water partition coefficient (Wildman–Crippen LogP) is 2.02. The molecule has 0 bridgehead atoms. The molecule has 1 aromatic carbocycles. The van der Waals surface area contributed by atoms with Gasteiger partial charge in [-0.2, -0.15) is 4.31 Å². The summed E-state index contributed by atoms with van der Waals surface area (Å²) < 4.78 is 52.1. The summed E-state index contributed by atoms with van der Waals surface area (Å²) in [6.07, 6.45) is 3.31. The van der Waals surface area contributed by atoms with Gasteiger partial charge in [0, 0.05) is 39.2 Å². The maximum Gasteiger partial charge on any atom is 0.243 e. The largest absolute Gasteiger partial charge is 0.378 e. The molecule has 3 saturated heterocycles. The maximum atomic E-state index is 13.5. The molecule has 3 fully saturated rings. The minimum Gasteiger partial charge on any atom is -0.378 e. The lowest BCUT2D eigenvalue weighted by Crippen LogP contribution is -2.51. The molecule has 1 spiro atoms. The summed E-state index contributed by atoms with van der Waals surface area (Å²) in [5.74, 6) is -0.139. The van der Waals surface area contributed by atoms with Crippen LogP contribution in [0.1, 0.15) is 32.1 Å². The minimum absolute atomic E-state index is 0.0167. The van der Waals surface area contributed by atoms with Crippen molar-refractivity contribution in [3.05, 3.63) is 30.1 Å². The van der Waals surface area contributed by atoms with E-state index in [0.29, 0.717) is 65.3 Å². The van der Waals surface area contributed by atoms with Gasteiger partial charge in [0.1, 0.15) is 5.82 Å². The van der Waals surface area contributed by atoms with Gasteiger partial charge in [-0.3, -0.25) is 4.79 Å². The Labute approximate surface area is 177 Å². The Kier molecular flexibility index (Phi) is 6.43. The molecule has 7 nitrogen and oxygen atoms in total. The predicted molar refractivity (Wildman–Crippen MR) is 108 cm³/mol. The van der Waals surface area contributed by atoms with E-state index >= 15 is 0 Å². The summed E-state index contributed by atoms with van der Waals surface area (Å²) in [6, 6.07) is 5.13. The van der Waals surface area contributed by atoms with Crippen LogP contribution in [0.25, 0.3) is 0 Å². The van der Waals surface area contributed by atoms with Crippen LogP contribution in [0.2, 0.25) is 0 Å². The van der Waals surface area contributed by atoms with Gasteiger partial charge >= 0.3 is 0 Å². The number of hydrogen-bond acceptors (Lipinski definition) is 5. The van der Waals surface area contributed by atoms with E-state index in [1.807, 2.05) is 4.90 Å². The standard InChI is InChI=1S/C21H29FN2O5S/c22-18-2-1-3-19(15-18)30(26,27)24-7-5-21(6-8-24)16-17(4-11-29-21)14-20(25)23-9-12-28-13-10-23/h1-3,15,17H,4-14,16H2. The molecule has 0 saturated carbocycles. The fourth-order valence-electron chi connectivity index (χ4n) is 4.75. The molecule has 0 aromatic heterocycles. The van der Waals surface area contributed by atoms with E-state index < -0.39 is 15.8 Å². The Hall–Kier alpha value is -1.55. The number of halogens is 1. The van der Waals surface area contributed by atoms with Crippen LogP contribution >= 0.6 is 0 Å². The van der Waals surface area contributed by atoms with Crippen LogP contribution in [0, 0.1) is 11.7 Å². The lowest BCUT2D eigenvalue weighted by molar-refractivity contribution is -0.143. The molecule has 1 atom stereocenters. The number of carbonyl (C=O) groups excluding carboxylic acids is 1. The molecule has 9 heteroatoms. The highest BCUT2D eigenvalue weighted by molar-refractivity contribution is 7.89. The van der Waals surface area contributed by atoms with Crippen molar-refractivity contribution in [2.75, 3.05) is 46.0 Å². The summed E-state index contributed by atoms with van der Waals surface area (Å²) in [5, 5.41) is 0. The van der Waals surface area contributed by atoms with E-state index in [0.717, 1.165) is 18.9 Å². The zero-order valence-electron chi connectivity index (χ0n) is 17.1. The molecule has 3 aliphatic heterocycles. The lowest BCUT2D eigenvalue weighted by atomic mass is 9.78. The summed E-state index contributed by atoms with van der Waals surface area (Å²) in [7, 11) is -3.72. The molecule has 4 rings (SSSR count). The molecule has 3 heterocycles. The van der Waals surface area contributed by atoms with Gasteiger partial charge in [0.05, 0.1) is 23.7 Å². The monoisotopic (exact) mass is 440 g/mol. The summed E-state index contributed by atoms with van der Waals surface area (Å²) in [4.78, 5) is 14.5. The van der Waals surface area contributed by atoms with Gasteiger partial charge in [0.25, 0.3) is 0 Å². The first-order valence-corrected chi connectivity index (χ1v) is 12.1. The highest BCUT2D eigenvalue weighted by Gasteiger charge is 2.43. The number of piperidine rings is 1. The topological polar surface area (TPSA) is 76.2 Å². The van der Waals surface area contributed by atoms with Gasteiger partial charge in [-0.05, 0) is 49.8 Å². The van der Waals surface area contributed by atoms with Gasteiger partial charge in [-0.25, -0.2) is 12.8 Å². The van der Waals surface area contributed by atoms with Gasteiger partial charge in [0.2, 0.25) is 15.9 Å². The van der Waals surface area contributed by atoms with Crippen LogP contribution in [0.15, 0.2) is 29.2 Å². The van der Waals surface area contributed by atoms with E-state index in [1.165, 1.54) is 22.5 Å². The minimum atomic E-state index is -3.72. The Balaban J connectivity index is 1.35. The lowest BCUT2D eigenvalue weighted by Gasteiger charge is -2.46. The van der Waals surface area contributed by atoms with Crippen molar-refractivity contribution in [3.63, 3.8) is 0 Å². The zero-order valence-corrected chi connectivity index (χ0v) is 17.9. The van der Waals surface area contributed by atoms with E-state index in [1.54, 1.807) is 0 Å². The number of hydrogen-bond donors (Lipinski definition) is 0. The second-order valence-electron chi connectivity index (χ2n) is 8.45. The SMILES string of the molecule is O=C(CC1CCOC2(CCN(S(=O)(=O)c3cccc(F)c3)CC2)C1)N1CCOCC1. The number of amides is 1. The summed E-state index contributed by atoms with van der Waals surface area (Å²) in [5.41, 5.74) is -0.373. The van der Waals surface area contributed by atoms with Gasteiger partial charge in [-0.15, -0.1) is 0 Å². The fraction of sp³-hybridized carbons (Fsp3) is 0.667. The third kappa shape index (κ3) is 4.69. The summed E-state index contributed by atoms with van der Waals surface area (Å²) >= 11 is 0. The first kappa shape index (κ1) is 21.7. The molecular weight excluding hydrogens is 411 g/mol. The van der Waals surface area contributed by atoms with Gasteiger partial charge in [0.15, 0.2) is 0 Å². The third-order valence-corrected chi connectivity index (χ3v) is 8.38. The van der Waals surface area contributed by atoms with Crippen molar-refractivity contribution in [2.24, 2.45) is 5.92 Å². The number of benzene rings is 1. The van der Waals surface area contributed by atoms with E-state index in [-0.39, 0.29) is 22.3 Å². The smallest absolute Gasteiger partial charge is 0.243 e. The van der Waals surface area contributed by atoms with Crippen LogP contribution in [-0.2, 0) is 24.3 Å². The number of rotatable bonds is 4. The molecule has 30 heavy (non-hydrogen) atoms. The van der Waals surface area contributed by atoms with Crippen molar-refractivity contribution in [1.29, 1.82) is 0 Å². The quantitative estimate of drug-likeness (QED) is 0.716. The molecule has 1 aromatic rings. The Bertz CT molecular complexity index is 864. The van der Waals surface area contributed by atoms with Crippen LogP contribution < -0.4 is 0 Å². The molecule has 0 N–H and O–H groups in total.